The zero-order chi connectivity index (χ0) is 19.7. The van der Waals surface area contributed by atoms with E-state index < -0.39 is 5.41 Å². The molecule has 2 saturated carbocycles. The lowest BCUT2D eigenvalue weighted by Gasteiger charge is -2.42. The molecule has 0 spiro atoms. The van der Waals surface area contributed by atoms with Crippen molar-refractivity contribution < 1.29 is 9.59 Å². The Labute approximate surface area is 167 Å². The van der Waals surface area contributed by atoms with Crippen LogP contribution in [0, 0.1) is 17.3 Å². The molecule has 4 nitrogen and oxygen atoms in total. The van der Waals surface area contributed by atoms with Crippen LogP contribution < -0.4 is 9.80 Å². The summed E-state index contributed by atoms with van der Waals surface area (Å²) in [4.78, 5) is 30.8. The van der Waals surface area contributed by atoms with Crippen molar-refractivity contribution in [3.05, 3.63) is 60.7 Å². The van der Waals surface area contributed by atoms with Crippen molar-refractivity contribution in [1.82, 2.24) is 0 Å². The van der Waals surface area contributed by atoms with Gasteiger partial charge in [-0.1, -0.05) is 42.8 Å². The number of para-hydroxylation sites is 2. The highest BCUT2D eigenvalue weighted by Gasteiger charge is 2.59. The van der Waals surface area contributed by atoms with Gasteiger partial charge in [0.05, 0.1) is 11.3 Å². The number of hydrogen-bond acceptors (Lipinski definition) is 2. The van der Waals surface area contributed by atoms with E-state index >= 15 is 0 Å². The Balaban J connectivity index is 1.66. The Bertz CT molecular complexity index is 847. The fourth-order valence-electron chi connectivity index (χ4n) is 5.36. The van der Waals surface area contributed by atoms with Gasteiger partial charge in [0.1, 0.15) is 0 Å². The number of rotatable bonds is 4. The number of fused-ring (bicyclic) bond motifs is 2. The predicted octanol–water partition coefficient (Wildman–Crippen LogP) is 4.51. The average molecular weight is 377 g/mol. The second-order valence-electron chi connectivity index (χ2n) is 8.26. The van der Waals surface area contributed by atoms with Gasteiger partial charge in [0, 0.05) is 25.5 Å². The SMILES string of the molecule is CN(C(=O)C1[C@H]2CCCC1(C(=O)N(C)c1ccccc1)CC2)c1ccccc1. The van der Waals surface area contributed by atoms with E-state index in [1.54, 1.807) is 9.80 Å². The molecular formula is C24H28N2O2. The Hall–Kier alpha value is -2.62. The molecule has 2 aliphatic rings. The van der Waals surface area contributed by atoms with E-state index in [2.05, 4.69) is 0 Å². The summed E-state index contributed by atoms with van der Waals surface area (Å²) >= 11 is 0. The third-order valence-electron chi connectivity index (χ3n) is 6.84. The van der Waals surface area contributed by atoms with Crippen LogP contribution in [0.4, 0.5) is 11.4 Å². The normalized spacial score (nSPS) is 25.9. The quantitative estimate of drug-likeness (QED) is 0.788. The van der Waals surface area contributed by atoms with Crippen molar-refractivity contribution in [1.29, 1.82) is 0 Å². The number of benzene rings is 2. The zero-order valence-electron chi connectivity index (χ0n) is 16.7. The van der Waals surface area contributed by atoms with E-state index in [1.165, 1.54) is 0 Å². The number of carbonyl (C=O) groups excluding carboxylic acids is 2. The Morgan fingerprint density at radius 1 is 0.821 bits per heavy atom. The number of nitrogens with zero attached hydrogens (tertiary/aromatic N) is 2. The Morgan fingerprint density at radius 2 is 1.39 bits per heavy atom. The summed E-state index contributed by atoms with van der Waals surface area (Å²) in [6.07, 6.45) is 4.65. The largest absolute Gasteiger partial charge is 0.315 e. The van der Waals surface area contributed by atoms with Crippen LogP contribution >= 0.6 is 0 Å². The van der Waals surface area contributed by atoms with Crippen LogP contribution in [0.2, 0.25) is 0 Å². The number of amides is 2. The van der Waals surface area contributed by atoms with E-state index in [9.17, 15) is 9.59 Å². The molecule has 0 saturated heterocycles. The molecular weight excluding hydrogens is 348 g/mol. The molecule has 146 valence electrons. The molecule has 2 bridgehead atoms. The van der Waals surface area contributed by atoms with Gasteiger partial charge < -0.3 is 9.80 Å². The van der Waals surface area contributed by atoms with Gasteiger partial charge in [-0.05, 0) is 55.9 Å². The van der Waals surface area contributed by atoms with Gasteiger partial charge in [-0.3, -0.25) is 9.59 Å². The summed E-state index contributed by atoms with van der Waals surface area (Å²) in [7, 11) is 3.68. The van der Waals surface area contributed by atoms with Crippen LogP contribution in [-0.2, 0) is 9.59 Å². The molecule has 2 unspecified atom stereocenters. The summed E-state index contributed by atoms with van der Waals surface area (Å²) in [5.41, 5.74) is 1.20. The molecule has 4 heteroatoms. The van der Waals surface area contributed by atoms with E-state index in [-0.39, 0.29) is 17.7 Å². The molecule has 0 aliphatic heterocycles. The van der Waals surface area contributed by atoms with Crippen molar-refractivity contribution in [3.63, 3.8) is 0 Å². The van der Waals surface area contributed by atoms with E-state index in [0.29, 0.717) is 5.92 Å². The minimum Gasteiger partial charge on any atom is -0.315 e. The molecule has 28 heavy (non-hydrogen) atoms. The third kappa shape index (κ3) is 3.01. The minimum atomic E-state index is -0.576. The predicted molar refractivity (Wildman–Crippen MR) is 112 cm³/mol. The Kier molecular flexibility index (Phi) is 4.96. The topological polar surface area (TPSA) is 40.6 Å². The number of hydrogen-bond donors (Lipinski definition) is 0. The van der Waals surface area contributed by atoms with Gasteiger partial charge in [-0.2, -0.15) is 0 Å². The lowest BCUT2D eigenvalue weighted by molar-refractivity contribution is -0.141. The van der Waals surface area contributed by atoms with Crippen molar-refractivity contribution >= 4 is 23.2 Å². The van der Waals surface area contributed by atoms with Gasteiger partial charge in [-0.15, -0.1) is 0 Å². The summed E-state index contributed by atoms with van der Waals surface area (Å²) in [5, 5.41) is 0. The van der Waals surface area contributed by atoms with Gasteiger partial charge >= 0.3 is 0 Å². The highest BCUT2D eigenvalue weighted by atomic mass is 16.2. The first-order chi connectivity index (χ1) is 13.5. The lowest BCUT2D eigenvalue weighted by Crippen LogP contribution is -2.52. The fourth-order valence-corrected chi connectivity index (χ4v) is 5.36. The van der Waals surface area contributed by atoms with Crippen LogP contribution in [0.25, 0.3) is 0 Å². The molecule has 0 radical (unpaired) electrons. The molecule has 0 heterocycles. The highest BCUT2D eigenvalue weighted by molar-refractivity contribution is 6.04. The van der Waals surface area contributed by atoms with Crippen LogP contribution in [0.15, 0.2) is 60.7 Å². The average Bonchev–Trinajstić information content (AvgIpc) is 2.98. The maximum Gasteiger partial charge on any atom is 0.233 e. The zero-order valence-corrected chi connectivity index (χ0v) is 16.7. The van der Waals surface area contributed by atoms with Gasteiger partial charge in [0.15, 0.2) is 0 Å². The van der Waals surface area contributed by atoms with E-state index in [1.807, 2.05) is 74.8 Å². The molecule has 2 fully saturated rings. The van der Waals surface area contributed by atoms with Crippen molar-refractivity contribution in [2.75, 3.05) is 23.9 Å². The van der Waals surface area contributed by atoms with Crippen LogP contribution in [0.5, 0.6) is 0 Å². The number of carbonyl (C=O) groups is 2. The molecule has 2 aromatic carbocycles. The summed E-state index contributed by atoms with van der Waals surface area (Å²) in [5.74, 6) is 0.259. The lowest BCUT2D eigenvalue weighted by atomic mass is 9.65. The second kappa shape index (κ2) is 7.42. The number of anilines is 2. The first-order valence-corrected chi connectivity index (χ1v) is 10.2. The molecule has 2 aliphatic carbocycles. The first kappa shape index (κ1) is 18.7. The standard InChI is InChI=1S/C24H28N2O2/c1-25(19-11-5-3-6-12-19)22(27)21-18-10-9-16-24(21,17-15-18)23(28)26(2)20-13-7-4-8-14-20/h3-8,11-14,18,21H,9-10,15-17H2,1-2H3/t18-,21?,24?/m0/s1. The van der Waals surface area contributed by atoms with E-state index in [4.69, 9.17) is 0 Å². The maximum absolute atomic E-state index is 13.7. The third-order valence-corrected chi connectivity index (χ3v) is 6.84. The van der Waals surface area contributed by atoms with Gasteiger partial charge in [0.25, 0.3) is 0 Å². The van der Waals surface area contributed by atoms with Crippen LogP contribution in [0.3, 0.4) is 0 Å². The van der Waals surface area contributed by atoms with E-state index in [0.717, 1.165) is 43.5 Å². The molecule has 0 aromatic heterocycles. The molecule has 2 amide bonds. The van der Waals surface area contributed by atoms with Crippen LogP contribution in [-0.4, -0.2) is 25.9 Å². The minimum absolute atomic E-state index is 0.0863. The monoisotopic (exact) mass is 376 g/mol. The molecule has 4 rings (SSSR count). The maximum atomic E-state index is 13.7. The fraction of sp³-hybridized carbons (Fsp3) is 0.417. The summed E-state index contributed by atoms with van der Waals surface area (Å²) in [6, 6.07) is 19.5. The second-order valence-corrected chi connectivity index (χ2v) is 8.26. The first-order valence-electron chi connectivity index (χ1n) is 10.2. The Morgan fingerprint density at radius 3 is 2.00 bits per heavy atom. The molecule has 2 aromatic rings. The van der Waals surface area contributed by atoms with Crippen LogP contribution in [0.1, 0.15) is 32.1 Å². The molecule has 3 atom stereocenters. The van der Waals surface area contributed by atoms with Gasteiger partial charge in [0.2, 0.25) is 11.8 Å². The summed E-state index contributed by atoms with van der Waals surface area (Å²) < 4.78 is 0. The van der Waals surface area contributed by atoms with Gasteiger partial charge in [-0.25, -0.2) is 0 Å². The summed E-state index contributed by atoms with van der Waals surface area (Å²) in [6.45, 7) is 0. The van der Waals surface area contributed by atoms with Crippen molar-refractivity contribution in [3.8, 4) is 0 Å². The van der Waals surface area contributed by atoms with Crippen molar-refractivity contribution in [2.24, 2.45) is 17.3 Å². The smallest absolute Gasteiger partial charge is 0.233 e. The van der Waals surface area contributed by atoms with Crippen molar-refractivity contribution in [2.45, 2.75) is 32.1 Å². The highest BCUT2D eigenvalue weighted by Crippen LogP contribution is 2.57. The molecule has 0 N–H and O–H groups in total.